The number of pyridine rings is 1. The van der Waals surface area contributed by atoms with Crippen LogP contribution in [0.15, 0.2) is 30.5 Å². The number of anilines is 1. The fourth-order valence-electron chi connectivity index (χ4n) is 1.95. The minimum atomic E-state index is 0.536. The Balaban J connectivity index is 2.71. The lowest BCUT2D eigenvalue weighted by molar-refractivity contribution is 0.416. The maximum Gasteiger partial charge on any atom is 0.131 e. The number of aromatic nitrogens is 1. The van der Waals surface area contributed by atoms with Crippen molar-refractivity contribution in [3.8, 4) is 16.9 Å². The van der Waals surface area contributed by atoms with Crippen LogP contribution in [0.3, 0.4) is 0 Å². The molecule has 2 aromatic rings. The van der Waals surface area contributed by atoms with Crippen LogP contribution in [-0.2, 0) is 0 Å². The van der Waals surface area contributed by atoms with Gasteiger partial charge >= 0.3 is 0 Å². The number of methoxy groups -OCH3 is 1. The monoisotopic (exact) mass is 228 g/mol. The van der Waals surface area contributed by atoms with Crippen molar-refractivity contribution < 1.29 is 4.74 Å². The smallest absolute Gasteiger partial charge is 0.131 e. The van der Waals surface area contributed by atoms with E-state index >= 15 is 0 Å². The molecule has 17 heavy (non-hydrogen) atoms. The summed E-state index contributed by atoms with van der Waals surface area (Å²) in [5.41, 5.74) is 10.2. The van der Waals surface area contributed by atoms with Crippen molar-refractivity contribution in [2.75, 3.05) is 12.8 Å². The minimum absolute atomic E-state index is 0.536. The number of hydrogen-bond donors (Lipinski definition) is 1. The Morgan fingerprint density at radius 3 is 2.59 bits per heavy atom. The number of ether oxygens (including phenoxy) is 1. The van der Waals surface area contributed by atoms with Gasteiger partial charge in [0, 0.05) is 17.3 Å². The fraction of sp³-hybridized carbons (Fsp3) is 0.214. The molecule has 1 aromatic heterocycles. The van der Waals surface area contributed by atoms with Crippen LogP contribution >= 0.6 is 0 Å². The average Bonchev–Trinajstić information content (AvgIpc) is 2.29. The minimum Gasteiger partial charge on any atom is -0.496 e. The molecule has 0 unspecified atom stereocenters. The van der Waals surface area contributed by atoms with Crippen LogP contribution in [0.2, 0.25) is 0 Å². The molecule has 0 amide bonds. The normalized spacial score (nSPS) is 10.3. The van der Waals surface area contributed by atoms with Crippen molar-refractivity contribution >= 4 is 5.82 Å². The molecule has 0 spiro atoms. The quantitative estimate of drug-likeness (QED) is 0.859. The molecular formula is C14H16N2O. The van der Waals surface area contributed by atoms with Crippen LogP contribution in [-0.4, -0.2) is 12.1 Å². The number of rotatable bonds is 2. The lowest BCUT2D eigenvalue weighted by Crippen LogP contribution is -1.98. The highest BCUT2D eigenvalue weighted by molar-refractivity contribution is 5.81. The van der Waals surface area contributed by atoms with Gasteiger partial charge in [-0.3, -0.25) is 0 Å². The zero-order valence-electron chi connectivity index (χ0n) is 10.3. The summed E-state index contributed by atoms with van der Waals surface area (Å²) in [6.07, 6.45) is 1.72. The van der Waals surface area contributed by atoms with Crippen LogP contribution in [0.1, 0.15) is 11.1 Å². The van der Waals surface area contributed by atoms with Gasteiger partial charge in [0.15, 0.2) is 0 Å². The average molecular weight is 228 g/mol. The summed E-state index contributed by atoms with van der Waals surface area (Å²) >= 11 is 0. The van der Waals surface area contributed by atoms with Crippen molar-refractivity contribution in [2.24, 2.45) is 0 Å². The molecule has 0 radical (unpaired) electrons. The van der Waals surface area contributed by atoms with Gasteiger partial charge in [0.05, 0.1) is 7.11 Å². The van der Waals surface area contributed by atoms with E-state index < -0.39 is 0 Å². The molecule has 3 heteroatoms. The second kappa shape index (κ2) is 4.45. The first kappa shape index (κ1) is 11.5. The number of nitrogens with zero attached hydrogens (tertiary/aromatic N) is 1. The Hall–Kier alpha value is -2.03. The lowest BCUT2D eigenvalue weighted by atomic mass is 9.99. The highest BCUT2D eigenvalue weighted by Crippen LogP contribution is 2.35. The number of aryl methyl sites for hydroxylation is 2. The van der Waals surface area contributed by atoms with Gasteiger partial charge in [-0.1, -0.05) is 11.6 Å². The van der Waals surface area contributed by atoms with Crippen LogP contribution in [0.5, 0.6) is 5.75 Å². The standard InChI is InChI=1S/C14H16N2O/c1-9-4-5-12(17-3)11(8-9)13-10(2)6-7-16-14(13)15/h4-8H,1-3H3,(H2,15,16). The van der Waals surface area contributed by atoms with Gasteiger partial charge in [-0.05, 0) is 37.6 Å². The van der Waals surface area contributed by atoms with E-state index in [-0.39, 0.29) is 0 Å². The zero-order valence-corrected chi connectivity index (χ0v) is 10.3. The van der Waals surface area contributed by atoms with E-state index in [9.17, 15) is 0 Å². The Morgan fingerprint density at radius 1 is 1.18 bits per heavy atom. The number of nitrogen functional groups attached to an aromatic ring is 1. The topological polar surface area (TPSA) is 48.1 Å². The molecule has 0 aliphatic heterocycles. The Labute approximate surface area is 101 Å². The third-order valence-electron chi connectivity index (χ3n) is 2.81. The van der Waals surface area contributed by atoms with Crippen LogP contribution in [0, 0.1) is 13.8 Å². The zero-order chi connectivity index (χ0) is 12.4. The van der Waals surface area contributed by atoms with E-state index in [0.717, 1.165) is 22.4 Å². The Kier molecular flexibility index (Phi) is 3.00. The summed E-state index contributed by atoms with van der Waals surface area (Å²) in [5, 5.41) is 0. The molecule has 0 saturated carbocycles. The third-order valence-corrected chi connectivity index (χ3v) is 2.81. The maximum absolute atomic E-state index is 5.96. The molecule has 0 saturated heterocycles. The van der Waals surface area contributed by atoms with E-state index in [2.05, 4.69) is 11.1 Å². The fourth-order valence-corrected chi connectivity index (χ4v) is 1.95. The first-order chi connectivity index (χ1) is 8.13. The number of benzene rings is 1. The molecule has 0 bridgehead atoms. The van der Waals surface area contributed by atoms with Crippen molar-refractivity contribution in [1.29, 1.82) is 0 Å². The van der Waals surface area contributed by atoms with Gasteiger partial charge < -0.3 is 10.5 Å². The van der Waals surface area contributed by atoms with Gasteiger partial charge in [-0.25, -0.2) is 4.98 Å². The molecule has 1 heterocycles. The summed E-state index contributed by atoms with van der Waals surface area (Å²) in [4.78, 5) is 4.14. The summed E-state index contributed by atoms with van der Waals surface area (Å²) < 4.78 is 5.38. The largest absolute Gasteiger partial charge is 0.496 e. The predicted octanol–water partition coefficient (Wildman–Crippen LogP) is 2.96. The first-order valence-electron chi connectivity index (χ1n) is 5.49. The predicted molar refractivity (Wildman–Crippen MR) is 70.1 cm³/mol. The van der Waals surface area contributed by atoms with E-state index in [1.807, 2.05) is 32.0 Å². The molecule has 0 fully saturated rings. The maximum atomic E-state index is 5.96. The molecule has 0 aliphatic carbocycles. The van der Waals surface area contributed by atoms with Gasteiger partial charge in [-0.15, -0.1) is 0 Å². The lowest BCUT2D eigenvalue weighted by Gasteiger charge is -2.13. The van der Waals surface area contributed by atoms with E-state index in [1.165, 1.54) is 5.56 Å². The van der Waals surface area contributed by atoms with E-state index in [4.69, 9.17) is 10.5 Å². The molecule has 0 aliphatic rings. The van der Waals surface area contributed by atoms with Gasteiger partial charge in [0.2, 0.25) is 0 Å². The molecule has 1 aromatic carbocycles. The molecular weight excluding hydrogens is 212 g/mol. The summed E-state index contributed by atoms with van der Waals surface area (Å²) in [5.74, 6) is 1.35. The van der Waals surface area contributed by atoms with Gasteiger partial charge in [0.25, 0.3) is 0 Å². The Bertz CT molecular complexity index is 530. The van der Waals surface area contributed by atoms with Crippen molar-refractivity contribution in [2.45, 2.75) is 13.8 Å². The second-order valence-electron chi connectivity index (χ2n) is 4.09. The second-order valence-corrected chi connectivity index (χ2v) is 4.09. The highest BCUT2D eigenvalue weighted by atomic mass is 16.5. The van der Waals surface area contributed by atoms with Crippen molar-refractivity contribution in [3.05, 3.63) is 41.6 Å². The SMILES string of the molecule is COc1ccc(C)cc1-c1c(C)ccnc1N. The summed E-state index contributed by atoms with van der Waals surface area (Å²) in [6.45, 7) is 4.07. The molecule has 0 atom stereocenters. The molecule has 88 valence electrons. The van der Waals surface area contributed by atoms with Crippen LogP contribution < -0.4 is 10.5 Å². The van der Waals surface area contributed by atoms with Crippen LogP contribution in [0.4, 0.5) is 5.82 Å². The molecule has 3 nitrogen and oxygen atoms in total. The van der Waals surface area contributed by atoms with E-state index in [1.54, 1.807) is 13.3 Å². The molecule has 2 N–H and O–H groups in total. The third kappa shape index (κ3) is 2.09. The van der Waals surface area contributed by atoms with Gasteiger partial charge in [0.1, 0.15) is 11.6 Å². The molecule has 2 rings (SSSR count). The van der Waals surface area contributed by atoms with Gasteiger partial charge in [-0.2, -0.15) is 0 Å². The highest BCUT2D eigenvalue weighted by Gasteiger charge is 2.12. The van der Waals surface area contributed by atoms with E-state index in [0.29, 0.717) is 5.82 Å². The number of hydrogen-bond acceptors (Lipinski definition) is 3. The summed E-state index contributed by atoms with van der Waals surface area (Å²) in [7, 11) is 1.66. The Morgan fingerprint density at radius 2 is 1.94 bits per heavy atom. The van der Waals surface area contributed by atoms with Crippen molar-refractivity contribution in [3.63, 3.8) is 0 Å². The first-order valence-corrected chi connectivity index (χ1v) is 5.49. The van der Waals surface area contributed by atoms with Crippen molar-refractivity contribution in [1.82, 2.24) is 4.98 Å². The van der Waals surface area contributed by atoms with Crippen LogP contribution in [0.25, 0.3) is 11.1 Å². The summed E-state index contributed by atoms with van der Waals surface area (Å²) in [6, 6.07) is 7.99. The number of nitrogens with two attached hydrogens (primary N) is 1.